The van der Waals surface area contributed by atoms with Crippen LogP contribution in [0.25, 0.3) is 0 Å². The Labute approximate surface area is 122 Å². The van der Waals surface area contributed by atoms with Crippen molar-refractivity contribution in [1.82, 2.24) is 4.98 Å². The van der Waals surface area contributed by atoms with Gasteiger partial charge < -0.3 is 10.1 Å². The van der Waals surface area contributed by atoms with Gasteiger partial charge in [0.05, 0.1) is 24.4 Å². The van der Waals surface area contributed by atoms with Crippen molar-refractivity contribution in [1.29, 1.82) is 0 Å². The second-order valence-corrected chi connectivity index (χ2v) is 6.45. The first-order valence-corrected chi connectivity index (χ1v) is 7.30. The van der Waals surface area contributed by atoms with Crippen LogP contribution in [0.15, 0.2) is 23.6 Å². The van der Waals surface area contributed by atoms with Crippen molar-refractivity contribution in [2.75, 3.05) is 12.4 Å². The minimum absolute atomic E-state index is 0.0714. The lowest BCUT2D eigenvalue weighted by Gasteiger charge is -2.13. The average molecular weight is 294 g/mol. The zero-order valence-corrected chi connectivity index (χ0v) is 13.0. The summed E-state index contributed by atoms with van der Waals surface area (Å²) >= 11 is 1.67. The van der Waals surface area contributed by atoms with E-state index in [2.05, 4.69) is 31.1 Å². The fraction of sp³-hybridized carbons (Fsp3) is 0.400. The highest BCUT2D eigenvalue weighted by molar-refractivity contribution is 7.09. The van der Waals surface area contributed by atoms with Crippen LogP contribution in [0, 0.1) is 5.82 Å². The Balaban J connectivity index is 2.04. The largest absolute Gasteiger partial charge is 0.494 e. The molecule has 3 nitrogen and oxygen atoms in total. The molecule has 5 heteroatoms. The van der Waals surface area contributed by atoms with E-state index in [1.807, 2.05) is 5.38 Å². The molecule has 0 spiro atoms. The van der Waals surface area contributed by atoms with Gasteiger partial charge in [0, 0.05) is 22.5 Å². The Kier molecular flexibility index (Phi) is 4.28. The highest BCUT2D eigenvalue weighted by Crippen LogP contribution is 2.26. The molecular formula is C15H19FN2OS. The second-order valence-electron chi connectivity index (χ2n) is 5.60. The van der Waals surface area contributed by atoms with Gasteiger partial charge in [-0.15, -0.1) is 11.3 Å². The van der Waals surface area contributed by atoms with Gasteiger partial charge in [0.25, 0.3) is 0 Å². The van der Waals surface area contributed by atoms with Crippen molar-refractivity contribution in [2.24, 2.45) is 0 Å². The second kappa shape index (κ2) is 5.79. The third kappa shape index (κ3) is 3.48. The molecule has 0 radical (unpaired) electrons. The summed E-state index contributed by atoms with van der Waals surface area (Å²) in [6.45, 7) is 7.05. The van der Waals surface area contributed by atoms with E-state index in [-0.39, 0.29) is 17.0 Å². The fourth-order valence-corrected chi connectivity index (χ4v) is 2.60. The summed E-state index contributed by atoms with van der Waals surface area (Å²) in [6.07, 6.45) is 0. The molecule has 0 bridgehead atoms. The van der Waals surface area contributed by atoms with Crippen molar-refractivity contribution < 1.29 is 9.13 Å². The highest BCUT2D eigenvalue weighted by atomic mass is 32.1. The molecule has 2 aromatic rings. The molecule has 1 N–H and O–H groups in total. The van der Waals surface area contributed by atoms with Crippen LogP contribution in [0.4, 0.5) is 10.1 Å². The van der Waals surface area contributed by atoms with Gasteiger partial charge in [-0.2, -0.15) is 0 Å². The standard InChI is InChI=1S/C15H19FN2OS/c1-15(2,3)14-18-11(9-20-14)8-17-10-5-6-12(16)13(7-10)19-4/h5-7,9,17H,8H2,1-4H3. The number of thiazole rings is 1. The van der Waals surface area contributed by atoms with E-state index < -0.39 is 0 Å². The van der Waals surface area contributed by atoms with Gasteiger partial charge in [-0.05, 0) is 12.1 Å². The molecular weight excluding hydrogens is 275 g/mol. The lowest BCUT2D eigenvalue weighted by Crippen LogP contribution is -2.11. The van der Waals surface area contributed by atoms with Crippen LogP contribution in [0.1, 0.15) is 31.5 Å². The van der Waals surface area contributed by atoms with E-state index in [0.717, 1.165) is 16.4 Å². The molecule has 0 aliphatic heterocycles. The van der Waals surface area contributed by atoms with E-state index in [0.29, 0.717) is 6.54 Å². The SMILES string of the molecule is COc1cc(NCc2csc(C(C)(C)C)n2)ccc1F. The third-order valence-electron chi connectivity index (χ3n) is 2.82. The van der Waals surface area contributed by atoms with Crippen molar-refractivity contribution in [3.63, 3.8) is 0 Å². The number of methoxy groups -OCH3 is 1. The van der Waals surface area contributed by atoms with Gasteiger partial charge in [0.1, 0.15) is 0 Å². The molecule has 0 saturated heterocycles. The molecule has 1 heterocycles. The normalized spacial score (nSPS) is 11.4. The van der Waals surface area contributed by atoms with Crippen LogP contribution >= 0.6 is 11.3 Å². The molecule has 1 aromatic carbocycles. The molecule has 0 aliphatic carbocycles. The number of aromatic nitrogens is 1. The van der Waals surface area contributed by atoms with Crippen molar-refractivity contribution >= 4 is 17.0 Å². The number of nitrogens with one attached hydrogen (secondary N) is 1. The predicted octanol–water partition coefficient (Wildman–Crippen LogP) is 4.20. The number of anilines is 1. The summed E-state index contributed by atoms with van der Waals surface area (Å²) in [5.74, 6) is -0.120. The Morgan fingerprint density at radius 3 is 2.70 bits per heavy atom. The number of nitrogens with zero attached hydrogens (tertiary/aromatic N) is 1. The summed E-state index contributed by atoms with van der Waals surface area (Å²) in [6, 6.07) is 4.73. The minimum atomic E-state index is -0.360. The first kappa shape index (κ1) is 14.8. The van der Waals surface area contributed by atoms with Crippen molar-refractivity contribution in [3.8, 4) is 5.75 Å². The summed E-state index contributed by atoms with van der Waals surface area (Å²) in [5.41, 5.74) is 1.87. The van der Waals surface area contributed by atoms with Crippen LogP contribution in [-0.4, -0.2) is 12.1 Å². The zero-order valence-electron chi connectivity index (χ0n) is 12.2. The summed E-state index contributed by atoms with van der Waals surface area (Å²) in [5, 5.41) is 6.39. The summed E-state index contributed by atoms with van der Waals surface area (Å²) < 4.78 is 18.3. The van der Waals surface area contributed by atoms with Gasteiger partial charge in [-0.1, -0.05) is 20.8 Å². The maximum Gasteiger partial charge on any atom is 0.165 e. The van der Waals surface area contributed by atoms with E-state index in [1.54, 1.807) is 23.5 Å². The monoisotopic (exact) mass is 294 g/mol. The van der Waals surface area contributed by atoms with Crippen LogP contribution in [0.2, 0.25) is 0 Å². The van der Waals surface area contributed by atoms with Gasteiger partial charge in [-0.3, -0.25) is 0 Å². The van der Waals surface area contributed by atoms with Gasteiger partial charge >= 0.3 is 0 Å². The molecule has 108 valence electrons. The number of halogens is 1. The Morgan fingerprint density at radius 1 is 1.35 bits per heavy atom. The lowest BCUT2D eigenvalue weighted by atomic mass is 9.98. The molecule has 0 saturated carbocycles. The van der Waals surface area contributed by atoms with E-state index in [9.17, 15) is 4.39 Å². The molecule has 20 heavy (non-hydrogen) atoms. The van der Waals surface area contributed by atoms with Gasteiger partial charge in [0.2, 0.25) is 0 Å². The first-order valence-electron chi connectivity index (χ1n) is 6.42. The van der Waals surface area contributed by atoms with E-state index in [1.165, 1.54) is 13.2 Å². The molecule has 0 amide bonds. The molecule has 0 fully saturated rings. The van der Waals surface area contributed by atoms with E-state index >= 15 is 0 Å². The lowest BCUT2D eigenvalue weighted by molar-refractivity contribution is 0.387. The maximum absolute atomic E-state index is 13.3. The molecule has 1 aromatic heterocycles. The number of rotatable bonds is 4. The number of ether oxygens (including phenoxy) is 1. The van der Waals surface area contributed by atoms with Gasteiger partial charge in [-0.25, -0.2) is 9.37 Å². The van der Waals surface area contributed by atoms with E-state index in [4.69, 9.17) is 4.74 Å². The predicted molar refractivity (Wildman–Crippen MR) is 81.1 cm³/mol. The topological polar surface area (TPSA) is 34.1 Å². The highest BCUT2D eigenvalue weighted by Gasteiger charge is 2.17. The number of hydrogen-bond acceptors (Lipinski definition) is 4. The summed E-state index contributed by atoms with van der Waals surface area (Å²) in [7, 11) is 1.46. The maximum atomic E-state index is 13.3. The molecule has 0 atom stereocenters. The molecule has 0 aliphatic rings. The number of hydrogen-bond donors (Lipinski definition) is 1. The molecule has 2 rings (SSSR count). The van der Waals surface area contributed by atoms with Crippen LogP contribution in [0.3, 0.4) is 0 Å². The fourth-order valence-electron chi connectivity index (χ4n) is 1.70. The van der Waals surface area contributed by atoms with Crippen molar-refractivity contribution in [3.05, 3.63) is 40.1 Å². The van der Waals surface area contributed by atoms with Gasteiger partial charge in [0.15, 0.2) is 11.6 Å². The smallest absolute Gasteiger partial charge is 0.165 e. The quantitative estimate of drug-likeness (QED) is 0.917. The van der Waals surface area contributed by atoms with Crippen LogP contribution in [0.5, 0.6) is 5.75 Å². The Morgan fingerprint density at radius 2 is 2.10 bits per heavy atom. The summed E-state index contributed by atoms with van der Waals surface area (Å²) in [4.78, 5) is 4.61. The Hall–Kier alpha value is -1.62. The number of benzene rings is 1. The van der Waals surface area contributed by atoms with Crippen LogP contribution < -0.4 is 10.1 Å². The van der Waals surface area contributed by atoms with Crippen LogP contribution in [-0.2, 0) is 12.0 Å². The average Bonchev–Trinajstić information content (AvgIpc) is 2.86. The third-order valence-corrected chi connectivity index (χ3v) is 4.13. The zero-order chi connectivity index (χ0) is 14.8. The minimum Gasteiger partial charge on any atom is -0.494 e. The Bertz CT molecular complexity index is 590. The first-order chi connectivity index (χ1) is 9.40. The van der Waals surface area contributed by atoms with Crippen molar-refractivity contribution in [2.45, 2.75) is 32.7 Å². The molecule has 0 unspecified atom stereocenters.